The highest BCUT2D eigenvalue weighted by Crippen LogP contribution is 2.39. The number of pyridine rings is 1. The molecule has 2 atom stereocenters. The van der Waals surface area contributed by atoms with Gasteiger partial charge >= 0.3 is 6.18 Å². The van der Waals surface area contributed by atoms with Crippen LogP contribution in [0.4, 0.5) is 13.2 Å². The number of halogens is 3. The van der Waals surface area contributed by atoms with Gasteiger partial charge in [-0.15, -0.1) is 0 Å². The van der Waals surface area contributed by atoms with E-state index in [1.807, 2.05) is 0 Å². The van der Waals surface area contributed by atoms with E-state index < -0.39 is 34.0 Å². The summed E-state index contributed by atoms with van der Waals surface area (Å²) in [6.45, 7) is 1.25. The molecule has 1 aromatic rings. The van der Waals surface area contributed by atoms with E-state index in [4.69, 9.17) is 0 Å². The molecule has 1 aromatic heterocycles. The Morgan fingerprint density at radius 3 is 2.22 bits per heavy atom. The van der Waals surface area contributed by atoms with Crippen LogP contribution in [0.5, 0.6) is 0 Å². The third kappa shape index (κ3) is 2.76. The number of carbonyl (C=O) groups excluding carboxylic acids is 1. The lowest BCUT2D eigenvalue weighted by atomic mass is 10.0. The Kier molecular flexibility index (Phi) is 3.75. The fraction of sp³-hybridized carbons (Fsp3) is 0.571. The Balaban J connectivity index is 2.00. The van der Waals surface area contributed by atoms with Crippen LogP contribution in [0, 0.1) is 6.92 Å². The normalized spacial score (nSPS) is 25.8. The summed E-state index contributed by atoms with van der Waals surface area (Å²) in [6, 6.07) is 0.841. The Hall–Kier alpha value is -1.48. The van der Waals surface area contributed by atoms with Crippen LogP contribution in [-0.4, -0.2) is 35.6 Å². The summed E-state index contributed by atoms with van der Waals surface area (Å²) in [6.07, 6.45) is -3.08. The van der Waals surface area contributed by atoms with Gasteiger partial charge in [-0.05, 0) is 31.9 Å². The zero-order valence-corrected chi connectivity index (χ0v) is 13.1. The number of Topliss-reactive ketones (excluding diaryl/α,β-unsaturated/α-hetero) is 1. The predicted octanol–water partition coefficient (Wildman–Crippen LogP) is 2.29. The molecule has 0 saturated carbocycles. The van der Waals surface area contributed by atoms with Crippen LogP contribution >= 0.6 is 0 Å². The molecule has 2 aliphatic rings. The van der Waals surface area contributed by atoms with E-state index in [9.17, 15) is 26.4 Å². The summed E-state index contributed by atoms with van der Waals surface area (Å²) in [4.78, 5) is 14.8. The van der Waals surface area contributed by atoms with Gasteiger partial charge < -0.3 is 0 Å². The first-order valence-corrected chi connectivity index (χ1v) is 8.65. The number of alkyl halides is 3. The third-order valence-corrected chi connectivity index (χ3v) is 6.50. The standard InChI is InChI=1S/C14H15F3N2O3S/c1-8-12(4-5-13(18-8)14(15,16)17)23(21,22)19-9-2-3-10(19)7-11(20)6-9/h4-5,9-10H,2-3,6-7H2,1H3. The van der Waals surface area contributed by atoms with E-state index in [1.54, 1.807) is 0 Å². The smallest absolute Gasteiger partial charge is 0.300 e. The van der Waals surface area contributed by atoms with E-state index in [1.165, 1.54) is 11.2 Å². The first kappa shape index (κ1) is 16.4. The van der Waals surface area contributed by atoms with Gasteiger partial charge in [0, 0.05) is 24.9 Å². The molecule has 2 aliphatic heterocycles. The lowest BCUT2D eigenvalue weighted by molar-refractivity contribution is -0.141. The van der Waals surface area contributed by atoms with E-state index in [0.29, 0.717) is 18.9 Å². The number of hydrogen-bond acceptors (Lipinski definition) is 4. The van der Waals surface area contributed by atoms with Crippen molar-refractivity contribution in [3.63, 3.8) is 0 Å². The number of rotatable bonds is 2. The summed E-state index contributed by atoms with van der Waals surface area (Å²) < 4.78 is 65.0. The minimum atomic E-state index is -4.62. The number of fused-ring (bicyclic) bond motifs is 2. The number of ketones is 1. The largest absolute Gasteiger partial charge is 0.433 e. The Labute approximate surface area is 131 Å². The Morgan fingerprint density at radius 1 is 1.17 bits per heavy atom. The maximum Gasteiger partial charge on any atom is 0.433 e. The molecular formula is C14H15F3N2O3S. The van der Waals surface area contributed by atoms with Crippen molar-refractivity contribution in [2.45, 2.75) is 55.8 Å². The van der Waals surface area contributed by atoms with Crippen LogP contribution < -0.4 is 0 Å². The van der Waals surface area contributed by atoms with Gasteiger partial charge in [0.2, 0.25) is 10.0 Å². The highest BCUT2D eigenvalue weighted by molar-refractivity contribution is 7.89. The van der Waals surface area contributed by atoms with Crippen molar-refractivity contribution in [2.24, 2.45) is 0 Å². The maximum atomic E-state index is 12.8. The minimum Gasteiger partial charge on any atom is -0.300 e. The van der Waals surface area contributed by atoms with Crippen LogP contribution in [0.2, 0.25) is 0 Å². The average Bonchev–Trinajstić information content (AvgIpc) is 2.71. The second-order valence-electron chi connectivity index (χ2n) is 5.94. The van der Waals surface area contributed by atoms with Crippen molar-refractivity contribution >= 4 is 15.8 Å². The molecule has 0 spiro atoms. The second-order valence-corrected chi connectivity index (χ2v) is 7.76. The van der Waals surface area contributed by atoms with E-state index in [-0.39, 0.29) is 29.2 Å². The molecular weight excluding hydrogens is 333 g/mol. The third-order valence-electron chi connectivity index (χ3n) is 4.36. The van der Waals surface area contributed by atoms with Crippen LogP contribution in [0.25, 0.3) is 0 Å². The van der Waals surface area contributed by atoms with Crippen LogP contribution in [0.15, 0.2) is 17.0 Å². The molecule has 3 heterocycles. The number of carbonyl (C=O) groups is 1. The quantitative estimate of drug-likeness (QED) is 0.822. The summed E-state index contributed by atoms with van der Waals surface area (Å²) >= 11 is 0. The lowest BCUT2D eigenvalue weighted by Gasteiger charge is -2.33. The first-order valence-electron chi connectivity index (χ1n) is 7.21. The fourth-order valence-corrected chi connectivity index (χ4v) is 5.45. The van der Waals surface area contributed by atoms with Gasteiger partial charge in [0.15, 0.2) is 0 Å². The number of aromatic nitrogens is 1. The van der Waals surface area contributed by atoms with Gasteiger partial charge in [-0.2, -0.15) is 17.5 Å². The average molecular weight is 348 g/mol. The molecule has 0 N–H and O–H groups in total. The van der Waals surface area contributed by atoms with Crippen molar-refractivity contribution in [2.75, 3.05) is 0 Å². The Bertz CT molecular complexity index is 745. The van der Waals surface area contributed by atoms with Crippen molar-refractivity contribution in [3.8, 4) is 0 Å². The molecule has 2 bridgehead atoms. The molecule has 3 rings (SSSR count). The zero-order valence-electron chi connectivity index (χ0n) is 12.3. The molecule has 0 aliphatic carbocycles. The van der Waals surface area contributed by atoms with Crippen LogP contribution in [0.1, 0.15) is 37.1 Å². The van der Waals surface area contributed by atoms with Crippen LogP contribution in [-0.2, 0) is 21.0 Å². The molecule has 2 fully saturated rings. The number of aryl methyl sites for hydroxylation is 1. The summed E-state index contributed by atoms with van der Waals surface area (Å²) in [5.41, 5.74) is -1.30. The molecule has 5 nitrogen and oxygen atoms in total. The Morgan fingerprint density at radius 2 is 1.74 bits per heavy atom. The zero-order chi connectivity index (χ0) is 17.0. The SMILES string of the molecule is Cc1nc(C(F)(F)F)ccc1S(=O)(=O)N1C2CCC1CC(=O)C2. The molecule has 23 heavy (non-hydrogen) atoms. The van der Waals surface area contributed by atoms with E-state index in [0.717, 1.165) is 6.07 Å². The number of hydrogen-bond donors (Lipinski definition) is 0. The highest BCUT2D eigenvalue weighted by Gasteiger charge is 2.47. The molecule has 0 amide bonds. The van der Waals surface area contributed by atoms with Gasteiger partial charge in [-0.1, -0.05) is 0 Å². The molecule has 2 saturated heterocycles. The van der Waals surface area contributed by atoms with Gasteiger partial charge in [0.05, 0.1) is 5.69 Å². The van der Waals surface area contributed by atoms with Crippen molar-refractivity contribution in [1.29, 1.82) is 0 Å². The lowest BCUT2D eigenvalue weighted by Crippen LogP contribution is -2.46. The van der Waals surface area contributed by atoms with Gasteiger partial charge in [-0.3, -0.25) is 4.79 Å². The minimum absolute atomic E-state index is 0.0335. The monoisotopic (exact) mass is 348 g/mol. The predicted molar refractivity (Wildman–Crippen MR) is 74.1 cm³/mol. The van der Waals surface area contributed by atoms with Crippen LogP contribution in [0.3, 0.4) is 0 Å². The molecule has 2 unspecified atom stereocenters. The van der Waals surface area contributed by atoms with Crippen molar-refractivity contribution in [1.82, 2.24) is 9.29 Å². The van der Waals surface area contributed by atoms with Gasteiger partial charge in [0.1, 0.15) is 16.4 Å². The van der Waals surface area contributed by atoms with Gasteiger partial charge in [0.25, 0.3) is 0 Å². The summed E-state index contributed by atoms with van der Waals surface area (Å²) in [7, 11) is -3.96. The fourth-order valence-electron chi connectivity index (χ4n) is 3.42. The van der Waals surface area contributed by atoms with E-state index >= 15 is 0 Å². The molecule has 0 aromatic carbocycles. The number of nitrogens with zero attached hydrogens (tertiary/aromatic N) is 2. The second kappa shape index (κ2) is 5.27. The molecule has 9 heteroatoms. The summed E-state index contributed by atoms with van der Waals surface area (Å²) in [5.74, 6) is 0.0335. The first-order chi connectivity index (χ1) is 10.6. The maximum absolute atomic E-state index is 12.8. The van der Waals surface area contributed by atoms with E-state index in [2.05, 4.69) is 4.98 Å². The molecule has 0 radical (unpaired) electrons. The topological polar surface area (TPSA) is 67.3 Å². The van der Waals surface area contributed by atoms with Crippen molar-refractivity contribution < 1.29 is 26.4 Å². The summed E-state index contributed by atoms with van der Waals surface area (Å²) in [5, 5.41) is 0. The van der Waals surface area contributed by atoms with Crippen molar-refractivity contribution in [3.05, 3.63) is 23.5 Å². The molecule has 126 valence electrons. The number of sulfonamides is 1. The highest BCUT2D eigenvalue weighted by atomic mass is 32.2. The van der Waals surface area contributed by atoms with Gasteiger partial charge in [-0.25, -0.2) is 13.4 Å². The number of piperidine rings is 1.